The summed E-state index contributed by atoms with van der Waals surface area (Å²) in [6.45, 7) is 5.10. The molecule has 0 aliphatic carbocycles. The van der Waals surface area contributed by atoms with Gasteiger partial charge in [0.15, 0.2) is 0 Å². The number of nitrogens with one attached hydrogen (secondary N) is 1. The van der Waals surface area contributed by atoms with Gasteiger partial charge in [-0.25, -0.2) is 4.39 Å². The zero-order valence-electron chi connectivity index (χ0n) is 11.2. The first-order valence-corrected chi connectivity index (χ1v) is 6.54. The second kappa shape index (κ2) is 6.43. The molecule has 0 bridgehead atoms. The Bertz CT molecular complexity index is 510. The monoisotopic (exact) mass is 263 g/mol. The summed E-state index contributed by atoms with van der Waals surface area (Å²) in [7, 11) is 0. The van der Waals surface area contributed by atoms with Crippen molar-refractivity contribution in [2.45, 2.75) is 32.7 Å². The number of hydrogen-bond donors (Lipinski definition) is 1. The lowest BCUT2D eigenvalue weighted by Gasteiger charge is -2.12. The summed E-state index contributed by atoms with van der Waals surface area (Å²) in [5.41, 5.74) is 0.757. The molecule has 0 saturated carbocycles. The Labute approximate surface area is 112 Å². The van der Waals surface area contributed by atoms with Gasteiger partial charge in [0, 0.05) is 18.0 Å². The Kier molecular flexibility index (Phi) is 4.63. The smallest absolute Gasteiger partial charge is 0.228 e. The van der Waals surface area contributed by atoms with Gasteiger partial charge in [-0.1, -0.05) is 19.0 Å². The molecule has 2 rings (SSSR count). The molecule has 0 aliphatic heterocycles. The van der Waals surface area contributed by atoms with Crippen molar-refractivity contribution in [1.82, 2.24) is 15.5 Å². The highest BCUT2D eigenvalue weighted by Crippen LogP contribution is 2.16. The van der Waals surface area contributed by atoms with Crippen LogP contribution in [0, 0.1) is 5.82 Å². The van der Waals surface area contributed by atoms with Crippen LogP contribution in [-0.2, 0) is 6.42 Å². The summed E-state index contributed by atoms with van der Waals surface area (Å²) >= 11 is 0. The van der Waals surface area contributed by atoms with E-state index in [2.05, 4.69) is 29.3 Å². The van der Waals surface area contributed by atoms with E-state index in [-0.39, 0.29) is 5.82 Å². The van der Waals surface area contributed by atoms with E-state index in [0.29, 0.717) is 24.2 Å². The van der Waals surface area contributed by atoms with Crippen molar-refractivity contribution in [1.29, 1.82) is 0 Å². The Morgan fingerprint density at radius 1 is 1.26 bits per heavy atom. The summed E-state index contributed by atoms with van der Waals surface area (Å²) in [5.74, 6) is 0.833. The normalized spacial score (nSPS) is 12.6. The molecule has 1 N–H and O–H groups in total. The highest BCUT2D eigenvalue weighted by Gasteiger charge is 2.13. The van der Waals surface area contributed by atoms with Crippen LogP contribution >= 0.6 is 0 Å². The predicted octanol–water partition coefficient (Wildman–Crippen LogP) is 2.81. The number of aromatic nitrogens is 2. The van der Waals surface area contributed by atoms with Gasteiger partial charge in [0.1, 0.15) is 5.82 Å². The molecule has 19 heavy (non-hydrogen) atoms. The minimum atomic E-state index is -0.273. The van der Waals surface area contributed by atoms with E-state index in [1.165, 1.54) is 12.1 Å². The van der Waals surface area contributed by atoms with Crippen LogP contribution in [0.3, 0.4) is 0 Å². The average molecular weight is 263 g/mol. The van der Waals surface area contributed by atoms with Crippen LogP contribution in [0.2, 0.25) is 0 Å². The molecule has 1 heterocycles. The maximum absolute atomic E-state index is 12.8. The Hall–Kier alpha value is -1.75. The van der Waals surface area contributed by atoms with Crippen molar-refractivity contribution in [2.24, 2.45) is 0 Å². The van der Waals surface area contributed by atoms with Crippen LogP contribution in [0.15, 0.2) is 28.8 Å². The van der Waals surface area contributed by atoms with Crippen LogP contribution in [0.25, 0.3) is 11.4 Å². The lowest BCUT2D eigenvalue weighted by atomic mass is 10.1. The number of rotatable bonds is 6. The minimum absolute atomic E-state index is 0.273. The Morgan fingerprint density at radius 3 is 2.63 bits per heavy atom. The van der Waals surface area contributed by atoms with Crippen molar-refractivity contribution >= 4 is 0 Å². The van der Waals surface area contributed by atoms with Gasteiger partial charge in [-0.2, -0.15) is 4.98 Å². The molecule has 0 amide bonds. The Morgan fingerprint density at radius 2 is 2.00 bits per heavy atom. The highest BCUT2D eigenvalue weighted by molar-refractivity contribution is 5.53. The lowest BCUT2D eigenvalue weighted by molar-refractivity contribution is 0.355. The summed E-state index contributed by atoms with van der Waals surface area (Å²) in [6, 6.07) is 6.40. The fourth-order valence-corrected chi connectivity index (χ4v) is 1.91. The molecule has 0 aliphatic rings. The second-order valence-corrected chi connectivity index (χ2v) is 4.39. The zero-order chi connectivity index (χ0) is 13.7. The zero-order valence-corrected chi connectivity index (χ0v) is 11.2. The van der Waals surface area contributed by atoms with E-state index in [9.17, 15) is 4.39 Å². The molecule has 1 aromatic heterocycles. The van der Waals surface area contributed by atoms with Crippen LogP contribution in [0.4, 0.5) is 4.39 Å². The number of likely N-dealkylation sites (N-methyl/N-ethyl adjacent to an activating group) is 1. The number of halogens is 1. The first-order chi connectivity index (χ1) is 9.22. The van der Waals surface area contributed by atoms with E-state index in [0.717, 1.165) is 18.5 Å². The predicted molar refractivity (Wildman–Crippen MR) is 71.2 cm³/mol. The molecule has 0 spiro atoms. The van der Waals surface area contributed by atoms with Crippen LogP contribution in [0.5, 0.6) is 0 Å². The topological polar surface area (TPSA) is 51.0 Å². The molecule has 1 unspecified atom stereocenters. The van der Waals surface area contributed by atoms with Gasteiger partial charge in [0.2, 0.25) is 11.7 Å². The summed E-state index contributed by atoms with van der Waals surface area (Å²) in [6.07, 6.45) is 1.71. The van der Waals surface area contributed by atoms with Gasteiger partial charge >= 0.3 is 0 Å². The van der Waals surface area contributed by atoms with Crippen molar-refractivity contribution in [2.75, 3.05) is 6.54 Å². The SMILES string of the molecule is CCNC(CC)Cc1nc(-c2ccc(F)cc2)no1. The summed E-state index contributed by atoms with van der Waals surface area (Å²) in [4.78, 5) is 4.34. The van der Waals surface area contributed by atoms with Crippen molar-refractivity contribution in [3.8, 4) is 11.4 Å². The van der Waals surface area contributed by atoms with Gasteiger partial charge in [-0.3, -0.25) is 0 Å². The largest absolute Gasteiger partial charge is 0.339 e. The molecular weight excluding hydrogens is 245 g/mol. The molecule has 1 atom stereocenters. The molecule has 2 aromatic rings. The molecular formula is C14H18FN3O. The fraction of sp³-hybridized carbons (Fsp3) is 0.429. The third kappa shape index (κ3) is 3.61. The van der Waals surface area contributed by atoms with Gasteiger partial charge in [-0.15, -0.1) is 0 Å². The first-order valence-electron chi connectivity index (χ1n) is 6.54. The van der Waals surface area contributed by atoms with E-state index in [1.54, 1.807) is 12.1 Å². The standard InChI is InChI=1S/C14H18FN3O/c1-3-12(16-4-2)9-13-17-14(18-19-13)10-5-7-11(15)8-6-10/h5-8,12,16H,3-4,9H2,1-2H3. The molecule has 5 heteroatoms. The number of nitrogens with zero attached hydrogens (tertiary/aromatic N) is 2. The van der Waals surface area contributed by atoms with E-state index in [1.807, 2.05) is 0 Å². The van der Waals surface area contributed by atoms with Crippen molar-refractivity contribution < 1.29 is 8.91 Å². The minimum Gasteiger partial charge on any atom is -0.339 e. The quantitative estimate of drug-likeness (QED) is 0.870. The molecule has 0 saturated heterocycles. The third-order valence-corrected chi connectivity index (χ3v) is 2.98. The maximum Gasteiger partial charge on any atom is 0.228 e. The van der Waals surface area contributed by atoms with Gasteiger partial charge < -0.3 is 9.84 Å². The molecule has 1 aromatic carbocycles. The highest BCUT2D eigenvalue weighted by atomic mass is 19.1. The van der Waals surface area contributed by atoms with Crippen molar-refractivity contribution in [3.05, 3.63) is 36.0 Å². The molecule has 4 nitrogen and oxygen atoms in total. The van der Waals surface area contributed by atoms with Crippen LogP contribution in [0.1, 0.15) is 26.2 Å². The maximum atomic E-state index is 12.8. The fourth-order valence-electron chi connectivity index (χ4n) is 1.91. The second-order valence-electron chi connectivity index (χ2n) is 4.39. The Balaban J connectivity index is 2.08. The lowest BCUT2D eigenvalue weighted by Crippen LogP contribution is -2.30. The third-order valence-electron chi connectivity index (χ3n) is 2.98. The van der Waals surface area contributed by atoms with Crippen LogP contribution in [-0.4, -0.2) is 22.7 Å². The summed E-state index contributed by atoms with van der Waals surface area (Å²) < 4.78 is 18.1. The van der Waals surface area contributed by atoms with E-state index < -0.39 is 0 Å². The average Bonchev–Trinajstić information content (AvgIpc) is 2.87. The van der Waals surface area contributed by atoms with Crippen molar-refractivity contribution in [3.63, 3.8) is 0 Å². The number of hydrogen-bond acceptors (Lipinski definition) is 4. The van der Waals surface area contributed by atoms with Gasteiger partial charge in [0.05, 0.1) is 0 Å². The van der Waals surface area contributed by atoms with Crippen LogP contribution < -0.4 is 5.32 Å². The molecule has 0 radical (unpaired) electrons. The van der Waals surface area contributed by atoms with E-state index in [4.69, 9.17) is 4.52 Å². The van der Waals surface area contributed by atoms with Gasteiger partial charge in [0.25, 0.3) is 0 Å². The van der Waals surface area contributed by atoms with Gasteiger partial charge in [-0.05, 0) is 37.2 Å². The summed E-state index contributed by atoms with van der Waals surface area (Å²) in [5, 5.41) is 7.29. The number of benzene rings is 1. The van der Waals surface area contributed by atoms with E-state index >= 15 is 0 Å². The molecule has 102 valence electrons. The first kappa shape index (κ1) is 13.7. The molecule has 0 fully saturated rings.